The van der Waals surface area contributed by atoms with Gasteiger partial charge in [-0.2, -0.15) is 0 Å². The van der Waals surface area contributed by atoms with Crippen molar-refractivity contribution < 1.29 is 24.6 Å². The van der Waals surface area contributed by atoms with E-state index in [4.69, 9.17) is 17.2 Å². The zero-order chi connectivity index (χ0) is 16.4. The Kier molecular flexibility index (Phi) is 8.46. The number of aliphatic carboxylic acids is 2. The minimum atomic E-state index is -1.59. The third kappa shape index (κ3) is 9.21. The maximum atomic E-state index is 11.7. The molecule has 0 aliphatic rings. The van der Waals surface area contributed by atoms with E-state index in [9.17, 15) is 24.6 Å². The number of rotatable bonds is 10. The van der Waals surface area contributed by atoms with Crippen LogP contribution >= 0.6 is 0 Å². The highest BCUT2D eigenvalue weighted by Gasteiger charge is 2.18. The van der Waals surface area contributed by atoms with E-state index >= 15 is 0 Å². The Hall–Kier alpha value is -2.36. The molecule has 0 heterocycles. The molecule has 0 bridgehead atoms. The van der Waals surface area contributed by atoms with Crippen molar-refractivity contribution in [2.75, 3.05) is 6.54 Å². The van der Waals surface area contributed by atoms with Crippen molar-refractivity contribution >= 4 is 23.8 Å². The summed E-state index contributed by atoms with van der Waals surface area (Å²) in [6.45, 7) is 0.290. The van der Waals surface area contributed by atoms with Gasteiger partial charge in [0.1, 0.15) is 0 Å². The molecule has 10 heteroatoms. The first-order valence-corrected chi connectivity index (χ1v) is 6.26. The van der Waals surface area contributed by atoms with Gasteiger partial charge in [0.25, 0.3) is 0 Å². The van der Waals surface area contributed by atoms with Gasteiger partial charge in [-0.25, -0.2) is 0 Å². The lowest BCUT2D eigenvalue weighted by Gasteiger charge is -2.22. The summed E-state index contributed by atoms with van der Waals surface area (Å²) in [7, 11) is 0. The molecular formula is C11H19N5O5-2. The second kappa shape index (κ2) is 9.53. The van der Waals surface area contributed by atoms with E-state index in [2.05, 4.69) is 10.3 Å². The molecular weight excluding hydrogens is 282 g/mol. The molecule has 0 rings (SSSR count). The minimum absolute atomic E-state index is 0.0766. The Balaban J connectivity index is 4.24. The van der Waals surface area contributed by atoms with E-state index in [1.165, 1.54) is 0 Å². The first-order chi connectivity index (χ1) is 9.73. The number of amides is 1. The van der Waals surface area contributed by atoms with Gasteiger partial charge in [-0.3, -0.25) is 9.79 Å². The smallest absolute Gasteiger partial charge is 0.237 e. The molecule has 0 saturated heterocycles. The summed E-state index contributed by atoms with van der Waals surface area (Å²) >= 11 is 0. The topological polar surface area (TPSA) is 200 Å². The van der Waals surface area contributed by atoms with Crippen LogP contribution in [0, 0.1) is 0 Å². The van der Waals surface area contributed by atoms with Crippen molar-refractivity contribution in [1.29, 1.82) is 0 Å². The van der Waals surface area contributed by atoms with Crippen molar-refractivity contribution in [2.45, 2.75) is 37.8 Å². The molecule has 0 radical (unpaired) electrons. The number of carboxylic acids is 2. The predicted molar refractivity (Wildman–Crippen MR) is 69.1 cm³/mol. The van der Waals surface area contributed by atoms with Crippen LogP contribution in [0.4, 0.5) is 0 Å². The fraction of sp³-hybridized carbons (Fsp3) is 0.636. The van der Waals surface area contributed by atoms with Crippen LogP contribution in [0.2, 0.25) is 0 Å². The number of guanidine groups is 1. The Morgan fingerprint density at radius 3 is 2.24 bits per heavy atom. The molecule has 0 saturated carbocycles. The zero-order valence-electron chi connectivity index (χ0n) is 11.4. The molecule has 0 aromatic rings. The standard InChI is InChI=1S/C11H21N5O5/c12-6(2-1-5-15-11(13)14)9(19)16-7(10(20)21)3-4-8(17)18/h6-7H,1-5,12H2,(H,16,19)(H,17,18)(H,20,21)(H4,13,14,15)/p-2/t6-,7-/m0/s1. The first kappa shape index (κ1) is 18.6. The third-order valence-corrected chi connectivity index (χ3v) is 2.54. The van der Waals surface area contributed by atoms with E-state index < -0.39 is 36.4 Å². The average molecular weight is 301 g/mol. The van der Waals surface area contributed by atoms with Gasteiger partial charge in [-0.05, 0) is 25.7 Å². The predicted octanol–water partition coefficient (Wildman–Crippen LogP) is -4.87. The molecule has 0 unspecified atom stereocenters. The highest BCUT2D eigenvalue weighted by atomic mass is 16.4. The van der Waals surface area contributed by atoms with Crippen molar-refractivity contribution in [3.05, 3.63) is 0 Å². The number of nitrogens with two attached hydrogens (primary N) is 3. The Morgan fingerprint density at radius 2 is 1.76 bits per heavy atom. The summed E-state index contributed by atoms with van der Waals surface area (Å²) in [5, 5.41) is 23.2. The van der Waals surface area contributed by atoms with E-state index in [-0.39, 0.29) is 25.3 Å². The van der Waals surface area contributed by atoms with Crippen LogP contribution in [-0.2, 0) is 14.4 Å². The van der Waals surface area contributed by atoms with Crippen LogP contribution < -0.4 is 32.7 Å². The molecule has 10 nitrogen and oxygen atoms in total. The monoisotopic (exact) mass is 301 g/mol. The Morgan fingerprint density at radius 1 is 1.14 bits per heavy atom. The van der Waals surface area contributed by atoms with Gasteiger partial charge in [0.05, 0.1) is 18.1 Å². The average Bonchev–Trinajstić information content (AvgIpc) is 2.38. The van der Waals surface area contributed by atoms with Crippen LogP contribution in [-0.4, -0.2) is 42.4 Å². The van der Waals surface area contributed by atoms with Crippen LogP contribution in [0.25, 0.3) is 0 Å². The van der Waals surface area contributed by atoms with Gasteiger partial charge in [-0.1, -0.05) is 0 Å². The van der Waals surface area contributed by atoms with Crippen molar-refractivity contribution in [1.82, 2.24) is 5.32 Å². The highest BCUT2D eigenvalue weighted by Crippen LogP contribution is 2.00. The number of hydrogen-bond donors (Lipinski definition) is 4. The number of hydrogen-bond acceptors (Lipinski definition) is 7. The van der Waals surface area contributed by atoms with Crippen LogP contribution in [0.5, 0.6) is 0 Å². The molecule has 0 aromatic heterocycles. The fourth-order valence-corrected chi connectivity index (χ4v) is 1.44. The normalized spacial score (nSPS) is 13.0. The van der Waals surface area contributed by atoms with Crippen LogP contribution in [0.15, 0.2) is 4.99 Å². The molecule has 0 spiro atoms. The van der Waals surface area contributed by atoms with E-state index in [1.807, 2.05) is 0 Å². The molecule has 120 valence electrons. The van der Waals surface area contributed by atoms with Crippen molar-refractivity contribution in [3.63, 3.8) is 0 Å². The third-order valence-electron chi connectivity index (χ3n) is 2.54. The first-order valence-electron chi connectivity index (χ1n) is 6.26. The number of carbonyl (C=O) groups excluding carboxylic acids is 3. The molecule has 0 aliphatic carbocycles. The molecule has 2 atom stereocenters. The lowest BCUT2D eigenvalue weighted by atomic mass is 10.1. The van der Waals surface area contributed by atoms with Gasteiger partial charge in [-0.15, -0.1) is 0 Å². The largest absolute Gasteiger partial charge is 0.550 e. The van der Waals surface area contributed by atoms with Crippen LogP contribution in [0.3, 0.4) is 0 Å². The molecule has 1 amide bonds. The van der Waals surface area contributed by atoms with Crippen molar-refractivity contribution in [2.24, 2.45) is 22.2 Å². The minimum Gasteiger partial charge on any atom is -0.550 e. The zero-order valence-corrected chi connectivity index (χ0v) is 11.4. The second-order valence-electron chi connectivity index (χ2n) is 4.35. The van der Waals surface area contributed by atoms with E-state index in [0.29, 0.717) is 6.42 Å². The van der Waals surface area contributed by atoms with Gasteiger partial charge in [0, 0.05) is 12.5 Å². The van der Waals surface area contributed by atoms with E-state index in [0.717, 1.165) is 0 Å². The van der Waals surface area contributed by atoms with Gasteiger partial charge >= 0.3 is 0 Å². The van der Waals surface area contributed by atoms with Gasteiger partial charge in [0.2, 0.25) is 5.91 Å². The maximum absolute atomic E-state index is 11.7. The summed E-state index contributed by atoms with van der Waals surface area (Å²) in [4.78, 5) is 36.4. The molecule has 7 N–H and O–H groups in total. The highest BCUT2D eigenvalue weighted by molar-refractivity contribution is 5.86. The second-order valence-corrected chi connectivity index (χ2v) is 4.35. The molecule has 0 aliphatic heterocycles. The Labute approximate surface area is 121 Å². The quantitative estimate of drug-likeness (QED) is 0.175. The maximum Gasteiger partial charge on any atom is 0.237 e. The fourth-order valence-electron chi connectivity index (χ4n) is 1.44. The van der Waals surface area contributed by atoms with E-state index in [1.54, 1.807) is 0 Å². The number of nitrogens with one attached hydrogen (secondary N) is 1. The lowest BCUT2D eigenvalue weighted by Crippen LogP contribution is -2.52. The summed E-state index contributed by atoms with van der Waals surface area (Å²) in [6, 6.07) is -2.39. The summed E-state index contributed by atoms with van der Waals surface area (Å²) in [5.41, 5.74) is 15.8. The summed E-state index contributed by atoms with van der Waals surface area (Å²) in [5.74, 6) is -3.80. The summed E-state index contributed by atoms with van der Waals surface area (Å²) in [6.07, 6.45) is -0.180. The number of carboxylic acid groups (broad SMARTS) is 2. The lowest BCUT2D eigenvalue weighted by molar-refractivity contribution is -0.310. The number of aliphatic imine (C=N–C) groups is 1. The SMILES string of the molecule is NC(N)=NCCC[C@H](N)C(=O)N[C@@H](CCC(=O)[O-])C(=O)[O-]. The molecule has 21 heavy (non-hydrogen) atoms. The van der Waals surface area contributed by atoms with Crippen molar-refractivity contribution in [3.8, 4) is 0 Å². The van der Waals surface area contributed by atoms with Gasteiger partial charge in [0.15, 0.2) is 5.96 Å². The number of carbonyl (C=O) groups is 3. The number of nitrogens with zero attached hydrogens (tertiary/aromatic N) is 1. The molecule has 0 aromatic carbocycles. The summed E-state index contributed by atoms with van der Waals surface area (Å²) < 4.78 is 0. The van der Waals surface area contributed by atoms with Crippen LogP contribution in [0.1, 0.15) is 25.7 Å². The Bertz CT molecular complexity index is 408. The molecule has 0 fully saturated rings. The van der Waals surface area contributed by atoms with Gasteiger partial charge < -0.3 is 42.3 Å².